The minimum absolute atomic E-state index is 0.107. The van der Waals surface area contributed by atoms with E-state index in [0.29, 0.717) is 34.2 Å². The average Bonchev–Trinajstić information content (AvgIpc) is 3.39. The number of nitrogens with zero attached hydrogens (tertiary/aromatic N) is 2. The van der Waals surface area contributed by atoms with Gasteiger partial charge in [0.15, 0.2) is 5.13 Å². The monoisotopic (exact) mass is 554 g/mol. The molecule has 38 heavy (non-hydrogen) atoms. The zero-order valence-corrected chi connectivity index (χ0v) is 23.0. The molecule has 2 heterocycles. The highest BCUT2D eigenvalue weighted by atomic mass is 35.5. The number of ether oxygens (including phenoxy) is 2. The number of anilines is 1. The number of halogens is 1. The molecular weight excluding hydrogens is 528 g/mol. The highest BCUT2D eigenvalue weighted by Crippen LogP contribution is 2.44. The molecule has 10 heteroatoms. The molecule has 1 aliphatic rings. The molecule has 0 radical (unpaired) electrons. The molecule has 1 aromatic heterocycles. The molecule has 0 aliphatic carbocycles. The number of carbonyl (C=O) groups excluding carboxylic acids is 3. The standard InChI is InChI=1S/C28H27ClN2O6S/c1-5-12-37-20-11-10-18(13-15(20)3)23(32)21-22(17-8-7-9-19(29)14-17)31(26(34)24(21)33)28-30-16(4)25(38-28)27(35)36-6-2/h7-11,13-14,22,32H,5-6,12H2,1-4H3/t22-/m1/s1. The molecule has 1 atom stereocenters. The molecule has 1 aliphatic heterocycles. The number of hydrogen-bond donors (Lipinski definition) is 1. The van der Waals surface area contributed by atoms with Gasteiger partial charge in [-0.2, -0.15) is 0 Å². The molecular formula is C28H27ClN2O6S. The normalized spacial score (nSPS) is 16.7. The van der Waals surface area contributed by atoms with Gasteiger partial charge in [-0.1, -0.05) is 42.0 Å². The Morgan fingerprint density at radius 2 is 1.92 bits per heavy atom. The van der Waals surface area contributed by atoms with Crippen LogP contribution in [0.25, 0.3) is 5.76 Å². The number of aliphatic hydroxyl groups excluding tert-OH is 1. The van der Waals surface area contributed by atoms with Crippen LogP contribution in [-0.4, -0.2) is 41.0 Å². The van der Waals surface area contributed by atoms with Crippen molar-refractivity contribution in [2.45, 2.75) is 40.2 Å². The Morgan fingerprint density at radius 3 is 2.58 bits per heavy atom. The van der Waals surface area contributed by atoms with E-state index in [9.17, 15) is 19.5 Å². The first-order valence-corrected chi connectivity index (χ1v) is 13.3. The van der Waals surface area contributed by atoms with Crippen LogP contribution in [0.3, 0.4) is 0 Å². The average molecular weight is 555 g/mol. The van der Waals surface area contributed by atoms with Crippen molar-refractivity contribution in [2.24, 2.45) is 0 Å². The number of ketones is 1. The SMILES string of the molecule is CCCOc1ccc(C(O)=C2C(=O)C(=O)N(c3nc(C)c(C(=O)OCC)s3)[C@@H]2c2cccc(Cl)c2)cc1C. The lowest BCUT2D eigenvalue weighted by Gasteiger charge is -2.23. The van der Waals surface area contributed by atoms with Crippen molar-refractivity contribution in [3.8, 4) is 5.75 Å². The molecule has 0 spiro atoms. The lowest BCUT2D eigenvalue weighted by molar-refractivity contribution is -0.132. The lowest BCUT2D eigenvalue weighted by atomic mass is 9.95. The summed E-state index contributed by atoms with van der Waals surface area (Å²) in [5.41, 5.74) is 1.89. The smallest absolute Gasteiger partial charge is 0.350 e. The number of carbonyl (C=O) groups is 3. The number of rotatable bonds is 8. The molecule has 0 saturated carbocycles. The fourth-order valence-electron chi connectivity index (χ4n) is 4.22. The Labute approximate surface area is 229 Å². The molecule has 2 aromatic carbocycles. The number of hydrogen-bond acceptors (Lipinski definition) is 8. The van der Waals surface area contributed by atoms with Gasteiger partial charge >= 0.3 is 11.9 Å². The van der Waals surface area contributed by atoms with E-state index in [-0.39, 0.29) is 27.9 Å². The summed E-state index contributed by atoms with van der Waals surface area (Å²) in [6.07, 6.45) is 0.846. The summed E-state index contributed by atoms with van der Waals surface area (Å²) >= 11 is 7.21. The van der Waals surface area contributed by atoms with Crippen LogP contribution in [0.5, 0.6) is 5.75 Å². The maximum absolute atomic E-state index is 13.4. The van der Waals surface area contributed by atoms with Crippen molar-refractivity contribution in [3.63, 3.8) is 0 Å². The third kappa shape index (κ3) is 5.16. The van der Waals surface area contributed by atoms with Crippen molar-refractivity contribution in [2.75, 3.05) is 18.1 Å². The topological polar surface area (TPSA) is 106 Å². The van der Waals surface area contributed by atoms with Gasteiger partial charge in [0.1, 0.15) is 16.4 Å². The summed E-state index contributed by atoms with van der Waals surface area (Å²) in [5, 5.41) is 11.9. The Hall–Kier alpha value is -3.69. The number of aromatic nitrogens is 1. The van der Waals surface area contributed by atoms with Crippen molar-refractivity contribution in [3.05, 3.63) is 80.3 Å². The van der Waals surface area contributed by atoms with Gasteiger partial charge in [-0.05, 0) is 68.7 Å². The van der Waals surface area contributed by atoms with E-state index in [1.165, 1.54) is 4.90 Å². The van der Waals surface area contributed by atoms with Crippen LogP contribution in [0.2, 0.25) is 5.02 Å². The van der Waals surface area contributed by atoms with E-state index >= 15 is 0 Å². The number of esters is 1. The van der Waals surface area contributed by atoms with E-state index in [4.69, 9.17) is 21.1 Å². The molecule has 0 bridgehead atoms. The van der Waals surface area contributed by atoms with E-state index in [1.807, 2.05) is 13.8 Å². The van der Waals surface area contributed by atoms with Crippen LogP contribution < -0.4 is 9.64 Å². The maximum atomic E-state index is 13.4. The van der Waals surface area contributed by atoms with Crippen LogP contribution in [0.15, 0.2) is 48.0 Å². The number of benzene rings is 2. The Morgan fingerprint density at radius 1 is 1.16 bits per heavy atom. The summed E-state index contributed by atoms with van der Waals surface area (Å²) < 4.78 is 10.8. The summed E-state index contributed by atoms with van der Waals surface area (Å²) in [6.45, 7) is 7.89. The van der Waals surface area contributed by atoms with Gasteiger partial charge < -0.3 is 14.6 Å². The van der Waals surface area contributed by atoms with Crippen molar-refractivity contribution in [1.82, 2.24) is 4.98 Å². The number of aryl methyl sites for hydroxylation is 2. The molecule has 1 fully saturated rings. The van der Waals surface area contributed by atoms with Crippen molar-refractivity contribution in [1.29, 1.82) is 0 Å². The summed E-state index contributed by atoms with van der Waals surface area (Å²) in [7, 11) is 0. The van der Waals surface area contributed by atoms with E-state index in [0.717, 1.165) is 23.3 Å². The Kier molecular flexibility index (Phi) is 8.18. The number of aliphatic hydroxyl groups is 1. The van der Waals surface area contributed by atoms with Gasteiger partial charge in [-0.3, -0.25) is 14.5 Å². The maximum Gasteiger partial charge on any atom is 0.350 e. The highest BCUT2D eigenvalue weighted by molar-refractivity contribution is 7.17. The zero-order chi connectivity index (χ0) is 27.6. The Bertz CT molecular complexity index is 1450. The molecule has 8 nitrogen and oxygen atoms in total. The number of amides is 1. The van der Waals surface area contributed by atoms with Gasteiger partial charge in [-0.25, -0.2) is 9.78 Å². The number of Topliss-reactive ketones (excluding diaryl/α,β-unsaturated/α-hetero) is 1. The van der Waals surface area contributed by atoms with Crippen LogP contribution in [0.1, 0.15) is 58.4 Å². The fraction of sp³-hybridized carbons (Fsp3) is 0.286. The summed E-state index contributed by atoms with van der Waals surface area (Å²) in [6, 6.07) is 10.7. The van der Waals surface area contributed by atoms with Crippen LogP contribution in [0, 0.1) is 13.8 Å². The lowest BCUT2D eigenvalue weighted by Crippen LogP contribution is -2.29. The van der Waals surface area contributed by atoms with Crippen LogP contribution in [0.4, 0.5) is 5.13 Å². The van der Waals surface area contributed by atoms with Gasteiger partial charge in [0.25, 0.3) is 5.78 Å². The molecule has 198 valence electrons. The predicted octanol–water partition coefficient (Wildman–Crippen LogP) is 6.01. The van der Waals surface area contributed by atoms with Gasteiger partial charge in [0.05, 0.1) is 30.5 Å². The van der Waals surface area contributed by atoms with Gasteiger partial charge in [0.2, 0.25) is 0 Å². The molecule has 0 unspecified atom stereocenters. The van der Waals surface area contributed by atoms with E-state index in [1.54, 1.807) is 56.3 Å². The largest absolute Gasteiger partial charge is 0.507 e. The third-order valence-corrected chi connectivity index (χ3v) is 7.34. The first-order valence-electron chi connectivity index (χ1n) is 12.1. The van der Waals surface area contributed by atoms with Crippen LogP contribution in [-0.2, 0) is 14.3 Å². The second kappa shape index (κ2) is 11.4. The van der Waals surface area contributed by atoms with Gasteiger partial charge in [0, 0.05) is 10.6 Å². The third-order valence-electron chi connectivity index (χ3n) is 5.97. The summed E-state index contributed by atoms with van der Waals surface area (Å²) in [5.74, 6) is -1.98. The Balaban J connectivity index is 1.87. The first kappa shape index (κ1) is 27.3. The fourth-order valence-corrected chi connectivity index (χ4v) is 5.41. The minimum atomic E-state index is -1.02. The van der Waals surface area contributed by atoms with E-state index in [2.05, 4.69) is 4.98 Å². The second-order valence-corrected chi connectivity index (χ2v) is 10.1. The quantitative estimate of drug-likeness (QED) is 0.157. The molecule has 3 aromatic rings. The molecule has 1 saturated heterocycles. The zero-order valence-electron chi connectivity index (χ0n) is 21.4. The molecule has 1 N–H and O–H groups in total. The minimum Gasteiger partial charge on any atom is -0.507 e. The predicted molar refractivity (Wildman–Crippen MR) is 146 cm³/mol. The van der Waals surface area contributed by atoms with Crippen molar-refractivity contribution < 1.29 is 29.0 Å². The van der Waals surface area contributed by atoms with Gasteiger partial charge in [-0.15, -0.1) is 0 Å². The molecule has 4 rings (SSSR count). The van der Waals surface area contributed by atoms with Crippen LogP contribution >= 0.6 is 22.9 Å². The molecule has 1 amide bonds. The summed E-state index contributed by atoms with van der Waals surface area (Å²) in [4.78, 5) is 45.1. The van der Waals surface area contributed by atoms with E-state index < -0.39 is 23.7 Å². The second-order valence-electron chi connectivity index (χ2n) is 8.68. The number of thiazole rings is 1. The highest BCUT2D eigenvalue weighted by Gasteiger charge is 2.48. The first-order chi connectivity index (χ1) is 18.2. The van der Waals surface area contributed by atoms with Crippen molar-refractivity contribution >= 4 is 51.5 Å².